The zero-order valence-electron chi connectivity index (χ0n) is 10.9. The molecular weight excluding hydrogens is 296 g/mol. The van der Waals surface area contributed by atoms with Crippen molar-refractivity contribution >= 4 is 46.6 Å². The van der Waals surface area contributed by atoms with Gasteiger partial charge in [-0.25, -0.2) is 0 Å². The zero-order chi connectivity index (χ0) is 13.4. The van der Waals surface area contributed by atoms with E-state index in [0.29, 0.717) is 11.3 Å². The van der Waals surface area contributed by atoms with Gasteiger partial charge in [0.05, 0.1) is 11.0 Å². The molecule has 19 heavy (non-hydrogen) atoms. The Morgan fingerprint density at radius 2 is 2.32 bits per heavy atom. The average molecular weight is 313 g/mol. The van der Waals surface area contributed by atoms with E-state index in [4.69, 9.17) is 23.8 Å². The SMILES string of the molecule is CCSC1CCCC1n1c(=S)[nH]c2ccc(Cl)cc21. The monoisotopic (exact) mass is 312 g/mol. The summed E-state index contributed by atoms with van der Waals surface area (Å²) < 4.78 is 3.11. The van der Waals surface area contributed by atoms with Crippen LogP contribution in [0.3, 0.4) is 0 Å². The summed E-state index contributed by atoms with van der Waals surface area (Å²) >= 11 is 13.7. The van der Waals surface area contributed by atoms with Crippen molar-refractivity contribution in [3.8, 4) is 0 Å². The molecule has 0 bridgehead atoms. The lowest BCUT2D eigenvalue weighted by Crippen LogP contribution is -2.16. The van der Waals surface area contributed by atoms with Crippen LogP contribution in [0, 0.1) is 4.77 Å². The number of nitrogens with one attached hydrogen (secondary N) is 1. The van der Waals surface area contributed by atoms with Gasteiger partial charge in [0, 0.05) is 16.3 Å². The maximum Gasteiger partial charge on any atom is 0.178 e. The molecule has 1 aliphatic rings. The Morgan fingerprint density at radius 3 is 3.11 bits per heavy atom. The van der Waals surface area contributed by atoms with Crippen molar-refractivity contribution in [3.63, 3.8) is 0 Å². The number of fused-ring (bicyclic) bond motifs is 1. The van der Waals surface area contributed by atoms with Crippen LogP contribution in [-0.2, 0) is 0 Å². The van der Waals surface area contributed by atoms with Gasteiger partial charge in [-0.1, -0.05) is 24.9 Å². The molecule has 1 aromatic heterocycles. The van der Waals surface area contributed by atoms with Gasteiger partial charge < -0.3 is 9.55 Å². The molecule has 2 unspecified atom stereocenters. The summed E-state index contributed by atoms with van der Waals surface area (Å²) in [4.78, 5) is 3.30. The number of benzene rings is 1. The smallest absolute Gasteiger partial charge is 0.178 e. The first-order chi connectivity index (χ1) is 9.20. The summed E-state index contributed by atoms with van der Waals surface area (Å²) in [5, 5.41) is 1.45. The third kappa shape index (κ3) is 2.46. The third-order valence-corrected chi connectivity index (χ3v) is 5.66. The minimum Gasteiger partial charge on any atom is -0.331 e. The number of rotatable bonds is 3. The molecule has 1 heterocycles. The number of imidazole rings is 1. The fraction of sp³-hybridized carbons (Fsp3) is 0.500. The summed E-state index contributed by atoms with van der Waals surface area (Å²) in [5.74, 6) is 1.16. The van der Waals surface area contributed by atoms with Gasteiger partial charge in [0.15, 0.2) is 4.77 Å². The van der Waals surface area contributed by atoms with Crippen LogP contribution in [-0.4, -0.2) is 20.6 Å². The van der Waals surface area contributed by atoms with E-state index < -0.39 is 0 Å². The predicted molar refractivity (Wildman–Crippen MR) is 86.9 cm³/mol. The first-order valence-electron chi connectivity index (χ1n) is 6.72. The molecule has 2 aromatic rings. The number of hydrogen-bond donors (Lipinski definition) is 1. The van der Waals surface area contributed by atoms with E-state index in [-0.39, 0.29) is 0 Å². The molecule has 102 valence electrons. The lowest BCUT2D eigenvalue weighted by atomic mass is 10.2. The Bertz CT molecular complexity index is 646. The molecule has 0 spiro atoms. The van der Waals surface area contributed by atoms with Gasteiger partial charge in [0.1, 0.15) is 0 Å². The van der Waals surface area contributed by atoms with Gasteiger partial charge >= 0.3 is 0 Å². The maximum absolute atomic E-state index is 6.14. The minimum atomic E-state index is 0.504. The van der Waals surface area contributed by atoms with E-state index in [2.05, 4.69) is 28.2 Å². The number of halogens is 1. The van der Waals surface area contributed by atoms with Crippen LogP contribution in [0.25, 0.3) is 11.0 Å². The van der Waals surface area contributed by atoms with E-state index in [1.54, 1.807) is 0 Å². The highest BCUT2D eigenvalue weighted by molar-refractivity contribution is 7.99. The van der Waals surface area contributed by atoms with Gasteiger partial charge in [0.25, 0.3) is 0 Å². The number of hydrogen-bond acceptors (Lipinski definition) is 2. The first-order valence-corrected chi connectivity index (χ1v) is 8.55. The van der Waals surface area contributed by atoms with Crippen LogP contribution in [0.4, 0.5) is 0 Å². The van der Waals surface area contributed by atoms with Crippen molar-refractivity contribution in [2.24, 2.45) is 0 Å². The van der Waals surface area contributed by atoms with Crippen LogP contribution in [0.5, 0.6) is 0 Å². The molecule has 0 saturated heterocycles. The molecule has 5 heteroatoms. The number of aromatic nitrogens is 2. The van der Waals surface area contributed by atoms with Crippen molar-refractivity contribution in [3.05, 3.63) is 28.0 Å². The summed E-state index contributed by atoms with van der Waals surface area (Å²) in [6.07, 6.45) is 3.79. The summed E-state index contributed by atoms with van der Waals surface area (Å²) in [6.45, 7) is 2.23. The Hall–Kier alpha value is -0.450. The molecule has 3 rings (SSSR count). The average Bonchev–Trinajstić information content (AvgIpc) is 2.93. The van der Waals surface area contributed by atoms with E-state index >= 15 is 0 Å². The minimum absolute atomic E-state index is 0.504. The molecular formula is C14H17ClN2S2. The second kappa shape index (κ2) is 5.51. The molecule has 1 N–H and O–H groups in total. The largest absolute Gasteiger partial charge is 0.331 e. The molecule has 2 atom stereocenters. The summed E-state index contributed by atoms with van der Waals surface area (Å²) in [7, 11) is 0. The molecule has 0 amide bonds. The maximum atomic E-state index is 6.14. The van der Waals surface area contributed by atoms with Gasteiger partial charge in [-0.05, 0) is 49.0 Å². The number of thioether (sulfide) groups is 1. The third-order valence-electron chi connectivity index (χ3n) is 3.81. The zero-order valence-corrected chi connectivity index (χ0v) is 13.2. The van der Waals surface area contributed by atoms with Gasteiger partial charge in [-0.2, -0.15) is 11.8 Å². The van der Waals surface area contributed by atoms with Crippen molar-refractivity contribution in [2.45, 2.75) is 37.5 Å². The van der Waals surface area contributed by atoms with Crippen LogP contribution in [0.2, 0.25) is 5.02 Å². The second-order valence-electron chi connectivity index (χ2n) is 4.95. The number of aromatic amines is 1. The van der Waals surface area contributed by atoms with E-state index in [1.807, 2.05) is 18.2 Å². The van der Waals surface area contributed by atoms with E-state index in [9.17, 15) is 0 Å². The fourth-order valence-corrected chi connectivity index (χ4v) is 4.79. The fourth-order valence-electron chi connectivity index (χ4n) is 3.03. The predicted octanol–water partition coefficient (Wildman–Crippen LogP) is 5.20. The first kappa shape index (κ1) is 13.5. The highest BCUT2D eigenvalue weighted by Gasteiger charge is 2.30. The highest BCUT2D eigenvalue weighted by atomic mass is 35.5. The van der Waals surface area contributed by atoms with Crippen molar-refractivity contribution < 1.29 is 0 Å². The molecule has 1 aliphatic carbocycles. The van der Waals surface area contributed by atoms with Crippen molar-refractivity contribution in [1.82, 2.24) is 9.55 Å². The summed E-state index contributed by atoms with van der Waals surface area (Å²) in [6, 6.07) is 6.45. The molecule has 0 aliphatic heterocycles. The molecule has 2 nitrogen and oxygen atoms in total. The van der Waals surface area contributed by atoms with Gasteiger partial charge in [-0.15, -0.1) is 0 Å². The lowest BCUT2D eigenvalue weighted by molar-refractivity contribution is 0.536. The van der Waals surface area contributed by atoms with Crippen LogP contribution >= 0.6 is 35.6 Å². The number of H-pyrrole nitrogens is 1. The standard InChI is InChI=1S/C14H17ClN2S2/c1-2-19-13-5-3-4-11(13)17-12-8-9(15)6-7-10(12)16-14(17)18/h6-8,11,13H,2-5H2,1H3,(H,16,18). The quantitative estimate of drug-likeness (QED) is 0.786. The number of nitrogens with zero attached hydrogens (tertiary/aromatic N) is 1. The molecule has 0 radical (unpaired) electrons. The lowest BCUT2D eigenvalue weighted by Gasteiger charge is -2.21. The van der Waals surface area contributed by atoms with Crippen LogP contribution in [0.15, 0.2) is 18.2 Å². The highest BCUT2D eigenvalue weighted by Crippen LogP contribution is 2.40. The van der Waals surface area contributed by atoms with Gasteiger partial charge in [-0.3, -0.25) is 0 Å². The summed E-state index contributed by atoms with van der Waals surface area (Å²) in [5.41, 5.74) is 2.23. The second-order valence-corrected chi connectivity index (χ2v) is 7.29. The normalized spacial score (nSPS) is 23.3. The van der Waals surface area contributed by atoms with Crippen molar-refractivity contribution in [1.29, 1.82) is 0 Å². The molecule has 1 fully saturated rings. The Balaban J connectivity index is 2.11. The van der Waals surface area contributed by atoms with Gasteiger partial charge in [0.2, 0.25) is 0 Å². The van der Waals surface area contributed by atoms with E-state index in [1.165, 1.54) is 19.3 Å². The van der Waals surface area contributed by atoms with Crippen molar-refractivity contribution in [2.75, 3.05) is 5.75 Å². The van der Waals surface area contributed by atoms with Crippen LogP contribution in [0.1, 0.15) is 32.2 Å². The topological polar surface area (TPSA) is 20.7 Å². The Kier molecular flexibility index (Phi) is 3.92. The molecule has 1 saturated carbocycles. The molecule has 1 aromatic carbocycles. The van der Waals surface area contributed by atoms with E-state index in [0.717, 1.165) is 26.6 Å². The Labute approximate surface area is 127 Å². The van der Waals surface area contributed by atoms with Crippen LogP contribution < -0.4 is 0 Å². The Morgan fingerprint density at radius 1 is 1.47 bits per heavy atom.